The molecule has 2 nitrogen and oxygen atoms in total. The number of pyridine rings is 1. The van der Waals surface area contributed by atoms with E-state index in [-0.39, 0.29) is 5.82 Å². The van der Waals surface area contributed by atoms with E-state index in [1.54, 1.807) is 12.3 Å². The number of aromatic nitrogens is 1. The number of rotatable bonds is 4. The van der Waals surface area contributed by atoms with E-state index < -0.39 is 0 Å². The zero-order valence-electron chi connectivity index (χ0n) is 9.78. The van der Waals surface area contributed by atoms with Crippen molar-refractivity contribution in [1.82, 2.24) is 10.3 Å². The first-order valence-corrected chi connectivity index (χ1v) is 5.61. The molecule has 0 fully saturated rings. The monoisotopic (exact) mass is 230 g/mol. The third-order valence-electron chi connectivity index (χ3n) is 2.60. The van der Waals surface area contributed by atoms with Crippen LogP contribution in [0.3, 0.4) is 0 Å². The average Bonchev–Trinajstić information content (AvgIpc) is 2.34. The van der Waals surface area contributed by atoms with Crippen molar-refractivity contribution in [2.45, 2.75) is 13.0 Å². The van der Waals surface area contributed by atoms with Crippen LogP contribution in [0.4, 0.5) is 4.39 Å². The highest BCUT2D eigenvalue weighted by Crippen LogP contribution is 2.14. The molecule has 1 aromatic carbocycles. The van der Waals surface area contributed by atoms with E-state index in [1.165, 1.54) is 0 Å². The van der Waals surface area contributed by atoms with E-state index in [0.29, 0.717) is 18.5 Å². The van der Waals surface area contributed by atoms with Gasteiger partial charge in [-0.15, -0.1) is 0 Å². The van der Waals surface area contributed by atoms with Crippen molar-refractivity contribution in [3.8, 4) is 0 Å². The van der Waals surface area contributed by atoms with E-state index in [2.05, 4.69) is 10.3 Å². The van der Waals surface area contributed by atoms with Crippen molar-refractivity contribution < 1.29 is 4.39 Å². The van der Waals surface area contributed by atoms with Gasteiger partial charge in [-0.05, 0) is 36.4 Å². The minimum atomic E-state index is -0.164. The SMILES string of the molecule is CNCc1ccc(Cc2ccccn2)c(F)c1. The maximum absolute atomic E-state index is 13.8. The van der Waals surface area contributed by atoms with Crippen LogP contribution in [-0.2, 0) is 13.0 Å². The maximum atomic E-state index is 13.8. The van der Waals surface area contributed by atoms with E-state index in [1.807, 2.05) is 37.4 Å². The molecule has 0 aliphatic heterocycles. The Morgan fingerprint density at radius 2 is 2.12 bits per heavy atom. The summed E-state index contributed by atoms with van der Waals surface area (Å²) in [5.74, 6) is -0.164. The molecule has 88 valence electrons. The van der Waals surface area contributed by atoms with Gasteiger partial charge in [-0.2, -0.15) is 0 Å². The van der Waals surface area contributed by atoms with Crippen LogP contribution in [0, 0.1) is 5.82 Å². The van der Waals surface area contributed by atoms with Gasteiger partial charge < -0.3 is 5.32 Å². The van der Waals surface area contributed by atoms with Gasteiger partial charge in [-0.25, -0.2) is 4.39 Å². The zero-order chi connectivity index (χ0) is 12.1. The molecule has 0 aliphatic rings. The summed E-state index contributed by atoms with van der Waals surface area (Å²) in [4.78, 5) is 4.19. The topological polar surface area (TPSA) is 24.9 Å². The highest BCUT2D eigenvalue weighted by atomic mass is 19.1. The first-order valence-electron chi connectivity index (χ1n) is 5.61. The van der Waals surface area contributed by atoms with E-state index in [4.69, 9.17) is 0 Å². The Kier molecular flexibility index (Phi) is 3.83. The average molecular weight is 230 g/mol. The number of hydrogen-bond donors (Lipinski definition) is 1. The highest BCUT2D eigenvalue weighted by Gasteiger charge is 2.05. The van der Waals surface area contributed by atoms with Crippen LogP contribution < -0.4 is 5.32 Å². The Morgan fingerprint density at radius 3 is 2.76 bits per heavy atom. The van der Waals surface area contributed by atoms with Crippen LogP contribution in [0.25, 0.3) is 0 Å². The van der Waals surface area contributed by atoms with Crippen LogP contribution in [-0.4, -0.2) is 12.0 Å². The molecule has 0 amide bonds. The molecule has 0 atom stereocenters. The Morgan fingerprint density at radius 1 is 1.24 bits per heavy atom. The molecule has 1 aromatic heterocycles. The molecule has 2 aromatic rings. The van der Waals surface area contributed by atoms with Gasteiger partial charge in [0.05, 0.1) is 0 Å². The van der Waals surface area contributed by atoms with Gasteiger partial charge in [0.1, 0.15) is 5.82 Å². The molecule has 3 heteroatoms. The van der Waals surface area contributed by atoms with Gasteiger partial charge in [0.2, 0.25) is 0 Å². The molecule has 0 radical (unpaired) electrons. The first-order chi connectivity index (χ1) is 8.29. The summed E-state index contributed by atoms with van der Waals surface area (Å²) in [5.41, 5.74) is 2.52. The third kappa shape index (κ3) is 3.11. The summed E-state index contributed by atoms with van der Waals surface area (Å²) in [7, 11) is 1.85. The van der Waals surface area contributed by atoms with Crippen molar-refractivity contribution in [2.24, 2.45) is 0 Å². The lowest BCUT2D eigenvalue weighted by molar-refractivity contribution is 0.609. The van der Waals surface area contributed by atoms with Gasteiger partial charge in [0.25, 0.3) is 0 Å². The summed E-state index contributed by atoms with van der Waals surface area (Å²) in [6.45, 7) is 0.681. The van der Waals surface area contributed by atoms with Crippen molar-refractivity contribution >= 4 is 0 Å². The van der Waals surface area contributed by atoms with E-state index in [0.717, 1.165) is 11.3 Å². The van der Waals surface area contributed by atoms with Gasteiger partial charge in [0, 0.05) is 24.9 Å². The van der Waals surface area contributed by atoms with Gasteiger partial charge >= 0.3 is 0 Å². The quantitative estimate of drug-likeness (QED) is 0.873. The lowest BCUT2D eigenvalue weighted by Gasteiger charge is -2.05. The molecule has 1 N–H and O–H groups in total. The molecule has 0 unspecified atom stereocenters. The predicted octanol–water partition coefficient (Wildman–Crippen LogP) is 2.53. The summed E-state index contributed by atoms with van der Waals surface area (Å²) in [6.07, 6.45) is 2.26. The Balaban J connectivity index is 2.17. The second kappa shape index (κ2) is 5.55. The normalized spacial score (nSPS) is 10.5. The first kappa shape index (κ1) is 11.7. The summed E-state index contributed by atoms with van der Waals surface area (Å²) < 4.78 is 13.8. The second-order valence-electron chi connectivity index (χ2n) is 3.95. The maximum Gasteiger partial charge on any atom is 0.127 e. The van der Waals surface area contributed by atoms with Crippen LogP contribution >= 0.6 is 0 Å². The lowest BCUT2D eigenvalue weighted by atomic mass is 10.1. The van der Waals surface area contributed by atoms with Crippen molar-refractivity contribution in [1.29, 1.82) is 0 Å². The van der Waals surface area contributed by atoms with Crippen molar-refractivity contribution in [2.75, 3.05) is 7.05 Å². The minimum Gasteiger partial charge on any atom is -0.316 e. The Labute approximate surface area is 101 Å². The van der Waals surface area contributed by atoms with Crippen LogP contribution in [0.2, 0.25) is 0 Å². The van der Waals surface area contributed by atoms with Crippen LogP contribution in [0.5, 0.6) is 0 Å². The number of halogens is 1. The molecule has 2 rings (SSSR count). The van der Waals surface area contributed by atoms with Gasteiger partial charge in [-0.1, -0.05) is 18.2 Å². The van der Waals surface area contributed by atoms with Gasteiger partial charge in [0.15, 0.2) is 0 Å². The fraction of sp³-hybridized carbons (Fsp3) is 0.214. The highest BCUT2D eigenvalue weighted by molar-refractivity contribution is 5.27. The van der Waals surface area contributed by atoms with E-state index in [9.17, 15) is 4.39 Å². The van der Waals surface area contributed by atoms with Gasteiger partial charge in [-0.3, -0.25) is 4.98 Å². The largest absolute Gasteiger partial charge is 0.316 e. The molecule has 1 heterocycles. The second-order valence-corrected chi connectivity index (χ2v) is 3.95. The number of benzene rings is 1. The smallest absolute Gasteiger partial charge is 0.127 e. The molecule has 0 spiro atoms. The molecule has 0 saturated carbocycles. The molecule has 0 aliphatic carbocycles. The van der Waals surface area contributed by atoms with Crippen molar-refractivity contribution in [3.05, 3.63) is 65.2 Å². The zero-order valence-corrected chi connectivity index (χ0v) is 9.78. The fourth-order valence-corrected chi connectivity index (χ4v) is 1.75. The standard InChI is InChI=1S/C14H15FN2/c1-16-10-11-5-6-12(14(15)8-11)9-13-4-2-3-7-17-13/h2-8,16H,9-10H2,1H3. The number of hydrogen-bond acceptors (Lipinski definition) is 2. The predicted molar refractivity (Wildman–Crippen MR) is 66.2 cm³/mol. The Hall–Kier alpha value is -1.74. The van der Waals surface area contributed by atoms with Crippen LogP contribution in [0.15, 0.2) is 42.6 Å². The van der Waals surface area contributed by atoms with Crippen molar-refractivity contribution in [3.63, 3.8) is 0 Å². The lowest BCUT2D eigenvalue weighted by Crippen LogP contribution is -2.06. The number of nitrogens with one attached hydrogen (secondary N) is 1. The minimum absolute atomic E-state index is 0.164. The summed E-state index contributed by atoms with van der Waals surface area (Å²) >= 11 is 0. The molecular formula is C14H15FN2. The van der Waals surface area contributed by atoms with Crippen LogP contribution in [0.1, 0.15) is 16.8 Å². The third-order valence-corrected chi connectivity index (χ3v) is 2.60. The molecular weight excluding hydrogens is 215 g/mol. The molecule has 17 heavy (non-hydrogen) atoms. The molecule has 0 saturated heterocycles. The van der Waals surface area contributed by atoms with E-state index >= 15 is 0 Å². The number of nitrogens with zero attached hydrogens (tertiary/aromatic N) is 1. The summed E-state index contributed by atoms with van der Waals surface area (Å²) in [5, 5.41) is 3.00. The Bertz CT molecular complexity index is 483. The summed E-state index contributed by atoms with van der Waals surface area (Å²) in [6, 6.07) is 11.0. The fourth-order valence-electron chi connectivity index (χ4n) is 1.75. The molecule has 0 bridgehead atoms.